The summed E-state index contributed by atoms with van der Waals surface area (Å²) < 4.78 is 0. The third-order valence-corrected chi connectivity index (χ3v) is 3.78. The first kappa shape index (κ1) is 12.6. The molecule has 2 rings (SSSR count). The van der Waals surface area contributed by atoms with Crippen molar-refractivity contribution in [3.8, 4) is 0 Å². The van der Waals surface area contributed by atoms with Crippen molar-refractivity contribution in [2.24, 2.45) is 0 Å². The van der Waals surface area contributed by atoms with Crippen LogP contribution in [-0.2, 0) is 21.5 Å². The maximum atomic E-state index is 11.8. The lowest BCUT2D eigenvalue weighted by atomic mass is 9.89. The molecule has 1 unspecified atom stereocenters. The molecule has 1 aliphatic carbocycles. The van der Waals surface area contributed by atoms with E-state index in [0.29, 0.717) is 25.8 Å². The van der Waals surface area contributed by atoms with Gasteiger partial charge in [0.15, 0.2) is 5.54 Å². The molecule has 0 aromatic heterocycles. The molecule has 0 radical (unpaired) electrons. The minimum atomic E-state index is -1.18. The number of benzene rings is 1. The second-order valence-electron chi connectivity index (χ2n) is 4.72. The third kappa shape index (κ3) is 1.60. The molecule has 4 heteroatoms. The number of carboxylic acids is 1. The summed E-state index contributed by atoms with van der Waals surface area (Å²) in [7, 11) is 0. The number of aryl methyl sites for hydroxylation is 2. The molecular weight excluding hydrogens is 230 g/mol. The fourth-order valence-electron chi connectivity index (χ4n) is 2.82. The van der Waals surface area contributed by atoms with Crippen LogP contribution in [0.4, 0.5) is 0 Å². The number of aliphatic carboxylic acids is 1. The number of carbonyl (C=O) groups excluding carboxylic acids is 1. The van der Waals surface area contributed by atoms with E-state index in [0.717, 1.165) is 16.7 Å². The molecule has 1 N–H and O–H groups in total. The summed E-state index contributed by atoms with van der Waals surface area (Å²) in [6, 6.07) is 5.84. The van der Waals surface area contributed by atoms with Crippen molar-refractivity contribution in [3.63, 3.8) is 0 Å². The average Bonchev–Trinajstić information content (AvgIpc) is 2.71. The standard InChI is InChI=1S/C14H17NO3/c1-3-15(9-16)14(13(17)18)7-6-11-5-4-10(2)8-12(11)14/h4-5,8-9H,3,6-7H2,1-2H3,(H,17,18). The molecular formula is C14H17NO3. The first-order valence-corrected chi connectivity index (χ1v) is 6.11. The lowest BCUT2D eigenvalue weighted by molar-refractivity contribution is -0.156. The summed E-state index contributed by atoms with van der Waals surface area (Å²) in [5, 5.41) is 9.63. The van der Waals surface area contributed by atoms with Gasteiger partial charge in [0.1, 0.15) is 0 Å². The Labute approximate surface area is 106 Å². The predicted molar refractivity (Wildman–Crippen MR) is 67.3 cm³/mol. The number of nitrogens with zero attached hydrogens (tertiary/aromatic N) is 1. The number of hydrogen-bond donors (Lipinski definition) is 1. The summed E-state index contributed by atoms with van der Waals surface area (Å²) in [5.41, 5.74) is 1.63. The molecule has 1 aliphatic rings. The van der Waals surface area contributed by atoms with E-state index >= 15 is 0 Å². The zero-order valence-electron chi connectivity index (χ0n) is 10.6. The van der Waals surface area contributed by atoms with Gasteiger partial charge in [-0.3, -0.25) is 4.79 Å². The van der Waals surface area contributed by atoms with Crippen LogP contribution in [0.15, 0.2) is 18.2 Å². The van der Waals surface area contributed by atoms with Crippen molar-refractivity contribution >= 4 is 12.4 Å². The molecule has 96 valence electrons. The number of fused-ring (bicyclic) bond motifs is 1. The Morgan fingerprint density at radius 1 is 1.56 bits per heavy atom. The molecule has 1 atom stereocenters. The van der Waals surface area contributed by atoms with Crippen LogP contribution >= 0.6 is 0 Å². The maximum absolute atomic E-state index is 11.8. The van der Waals surface area contributed by atoms with Gasteiger partial charge in [0, 0.05) is 6.54 Å². The smallest absolute Gasteiger partial charge is 0.334 e. The van der Waals surface area contributed by atoms with Gasteiger partial charge in [-0.1, -0.05) is 23.8 Å². The summed E-state index contributed by atoms with van der Waals surface area (Å²) in [4.78, 5) is 24.3. The average molecular weight is 247 g/mol. The van der Waals surface area contributed by atoms with Crippen LogP contribution in [0, 0.1) is 6.92 Å². The van der Waals surface area contributed by atoms with Gasteiger partial charge in [0.2, 0.25) is 6.41 Å². The van der Waals surface area contributed by atoms with Crippen molar-refractivity contribution in [1.82, 2.24) is 4.90 Å². The van der Waals surface area contributed by atoms with Crippen LogP contribution in [0.1, 0.15) is 30.0 Å². The fraction of sp³-hybridized carbons (Fsp3) is 0.429. The van der Waals surface area contributed by atoms with Crippen molar-refractivity contribution in [2.45, 2.75) is 32.2 Å². The van der Waals surface area contributed by atoms with Crippen LogP contribution in [0.3, 0.4) is 0 Å². The van der Waals surface area contributed by atoms with Crippen molar-refractivity contribution in [1.29, 1.82) is 0 Å². The summed E-state index contributed by atoms with van der Waals surface area (Å²) in [6.45, 7) is 4.12. The first-order chi connectivity index (χ1) is 8.56. The highest BCUT2D eigenvalue weighted by atomic mass is 16.4. The molecule has 1 aromatic rings. The van der Waals surface area contributed by atoms with E-state index in [9.17, 15) is 14.7 Å². The van der Waals surface area contributed by atoms with Gasteiger partial charge in [-0.05, 0) is 37.8 Å². The second-order valence-corrected chi connectivity index (χ2v) is 4.72. The number of likely N-dealkylation sites (N-methyl/N-ethyl adjacent to an activating group) is 1. The van der Waals surface area contributed by atoms with E-state index in [-0.39, 0.29) is 0 Å². The largest absolute Gasteiger partial charge is 0.479 e. The Morgan fingerprint density at radius 3 is 2.83 bits per heavy atom. The Balaban J connectivity index is 2.63. The topological polar surface area (TPSA) is 57.6 Å². The molecule has 0 saturated heterocycles. The van der Waals surface area contributed by atoms with Gasteiger partial charge >= 0.3 is 5.97 Å². The number of carbonyl (C=O) groups is 2. The van der Waals surface area contributed by atoms with Gasteiger partial charge in [0.05, 0.1) is 0 Å². The second kappa shape index (κ2) is 4.44. The van der Waals surface area contributed by atoms with E-state index < -0.39 is 11.5 Å². The third-order valence-electron chi connectivity index (χ3n) is 3.78. The first-order valence-electron chi connectivity index (χ1n) is 6.11. The van der Waals surface area contributed by atoms with Crippen LogP contribution in [0.25, 0.3) is 0 Å². The predicted octanol–water partition coefficient (Wildman–Crippen LogP) is 1.70. The van der Waals surface area contributed by atoms with E-state index in [1.165, 1.54) is 4.90 Å². The van der Waals surface area contributed by atoms with Gasteiger partial charge in [0.25, 0.3) is 0 Å². The molecule has 0 aliphatic heterocycles. The monoisotopic (exact) mass is 247 g/mol. The van der Waals surface area contributed by atoms with E-state index in [1.54, 1.807) is 6.92 Å². The SMILES string of the molecule is CCN(C=O)C1(C(=O)O)CCc2ccc(C)cc21. The molecule has 0 spiro atoms. The van der Waals surface area contributed by atoms with Gasteiger partial charge < -0.3 is 10.0 Å². The Bertz CT molecular complexity index is 498. The maximum Gasteiger partial charge on any atom is 0.334 e. The normalized spacial score (nSPS) is 21.4. The van der Waals surface area contributed by atoms with Crippen molar-refractivity contribution < 1.29 is 14.7 Å². The van der Waals surface area contributed by atoms with Crippen LogP contribution in [0.5, 0.6) is 0 Å². The molecule has 0 saturated carbocycles. The number of carboxylic acid groups (broad SMARTS) is 1. The molecule has 0 bridgehead atoms. The van der Waals surface area contributed by atoms with Crippen LogP contribution in [-0.4, -0.2) is 28.9 Å². The number of amides is 1. The summed E-state index contributed by atoms with van der Waals surface area (Å²) in [6.07, 6.45) is 1.80. The van der Waals surface area contributed by atoms with Crippen LogP contribution < -0.4 is 0 Å². The summed E-state index contributed by atoms with van der Waals surface area (Å²) >= 11 is 0. The van der Waals surface area contributed by atoms with E-state index in [2.05, 4.69) is 0 Å². The Kier molecular flexibility index (Phi) is 3.11. The highest BCUT2D eigenvalue weighted by Crippen LogP contribution is 2.41. The van der Waals surface area contributed by atoms with Crippen molar-refractivity contribution in [3.05, 3.63) is 34.9 Å². The lowest BCUT2D eigenvalue weighted by Gasteiger charge is -2.35. The lowest BCUT2D eigenvalue weighted by Crippen LogP contribution is -2.50. The van der Waals surface area contributed by atoms with Crippen molar-refractivity contribution in [2.75, 3.05) is 6.54 Å². The number of rotatable bonds is 4. The number of hydrogen-bond acceptors (Lipinski definition) is 2. The van der Waals surface area contributed by atoms with Crippen LogP contribution in [0.2, 0.25) is 0 Å². The van der Waals surface area contributed by atoms with Gasteiger partial charge in [-0.2, -0.15) is 0 Å². The fourth-order valence-corrected chi connectivity index (χ4v) is 2.82. The molecule has 1 amide bonds. The highest BCUT2D eigenvalue weighted by Gasteiger charge is 2.49. The Hall–Kier alpha value is -1.84. The highest BCUT2D eigenvalue weighted by molar-refractivity contribution is 5.85. The van der Waals surface area contributed by atoms with E-state index in [4.69, 9.17) is 0 Å². The molecule has 4 nitrogen and oxygen atoms in total. The minimum absolute atomic E-state index is 0.392. The minimum Gasteiger partial charge on any atom is -0.479 e. The quantitative estimate of drug-likeness (QED) is 0.824. The van der Waals surface area contributed by atoms with E-state index in [1.807, 2.05) is 25.1 Å². The molecule has 0 fully saturated rings. The van der Waals surface area contributed by atoms with Gasteiger partial charge in [-0.15, -0.1) is 0 Å². The Morgan fingerprint density at radius 2 is 2.28 bits per heavy atom. The molecule has 18 heavy (non-hydrogen) atoms. The van der Waals surface area contributed by atoms with Gasteiger partial charge in [-0.25, -0.2) is 4.79 Å². The molecule has 0 heterocycles. The zero-order valence-corrected chi connectivity index (χ0v) is 10.6. The summed E-state index contributed by atoms with van der Waals surface area (Å²) in [5.74, 6) is -0.944. The molecule has 1 aromatic carbocycles. The zero-order chi connectivity index (χ0) is 13.3.